The van der Waals surface area contributed by atoms with Gasteiger partial charge in [-0.1, -0.05) is 24.1 Å². The Morgan fingerprint density at radius 3 is 2.64 bits per heavy atom. The van der Waals surface area contributed by atoms with Gasteiger partial charge in [-0.05, 0) is 24.3 Å². The molecule has 0 saturated carbocycles. The number of benzene rings is 2. The molecule has 2 aromatic rings. The standard InChI is InChI=1S/C16H12N2O4/c1-2-10-22-15-9-8-12(11-14(15)18(20)21)16(19)17-13-6-4-3-5-7-13/h1,3-9,11H,10H2,(H,17,19). The molecule has 0 fully saturated rings. The van der Waals surface area contributed by atoms with Gasteiger partial charge in [0.1, 0.15) is 6.61 Å². The Balaban J connectivity index is 2.24. The van der Waals surface area contributed by atoms with Crippen molar-refractivity contribution in [2.75, 3.05) is 11.9 Å². The fourth-order valence-electron chi connectivity index (χ4n) is 1.77. The Kier molecular flexibility index (Phi) is 4.73. The first kappa shape index (κ1) is 15.1. The number of para-hydroxylation sites is 1. The van der Waals surface area contributed by atoms with E-state index in [4.69, 9.17) is 11.2 Å². The summed E-state index contributed by atoms with van der Waals surface area (Å²) in [6.45, 7) is -0.0869. The molecule has 0 aliphatic heterocycles. The molecule has 0 bridgehead atoms. The summed E-state index contributed by atoms with van der Waals surface area (Å²) in [4.78, 5) is 22.5. The minimum atomic E-state index is -0.620. The molecule has 0 heterocycles. The third-order valence-electron chi connectivity index (χ3n) is 2.76. The first-order valence-electron chi connectivity index (χ1n) is 6.33. The number of anilines is 1. The molecule has 22 heavy (non-hydrogen) atoms. The second-order valence-electron chi connectivity index (χ2n) is 4.25. The predicted octanol–water partition coefficient (Wildman–Crippen LogP) is 2.86. The molecule has 0 aliphatic rings. The molecule has 0 aromatic heterocycles. The third kappa shape index (κ3) is 3.61. The van der Waals surface area contributed by atoms with Crippen LogP contribution in [0.5, 0.6) is 5.75 Å². The number of terminal acetylenes is 1. The van der Waals surface area contributed by atoms with Crippen LogP contribution in [0, 0.1) is 22.5 Å². The van der Waals surface area contributed by atoms with Crippen LogP contribution >= 0.6 is 0 Å². The minimum Gasteiger partial charge on any atom is -0.474 e. The van der Waals surface area contributed by atoms with Crippen molar-refractivity contribution in [2.45, 2.75) is 0 Å². The van der Waals surface area contributed by atoms with Gasteiger partial charge in [0.2, 0.25) is 0 Å². The zero-order chi connectivity index (χ0) is 15.9. The number of nitrogens with zero attached hydrogens (tertiary/aromatic N) is 1. The Labute approximate surface area is 126 Å². The molecule has 6 nitrogen and oxygen atoms in total. The van der Waals surface area contributed by atoms with Crippen LogP contribution < -0.4 is 10.1 Å². The Morgan fingerprint density at radius 1 is 1.27 bits per heavy atom. The van der Waals surface area contributed by atoms with Gasteiger partial charge >= 0.3 is 5.69 Å². The Morgan fingerprint density at radius 2 is 2.00 bits per heavy atom. The van der Waals surface area contributed by atoms with Crippen LogP contribution in [0.3, 0.4) is 0 Å². The summed E-state index contributed by atoms with van der Waals surface area (Å²) in [5.74, 6) is 1.81. The summed E-state index contributed by atoms with van der Waals surface area (Å²) in [5.41, 5.74) is 0.447. The maximum Gasteiger partial charge on any atom is 0.311 e. The van der Waals surface area contributed by atoms with Gasteiger partial charge in [-0.2, -0.15) is 0 Å². The van der Waals surface area contributed by atoms with Crippen molar-refractivity contribution in [2.24, 2.45) is 0 Å². The predicted molar refractivity (Wildman–Crippen MR) is 81.8 cm³/mol. The molecule has 1 N–H and O–H groups in total. The largest absolute Gasteiger partial charge is 0.474 e. The van der Waals surface area contributed by atoms with E-state index >= 15 is 0 Å². The molecule has 0 atom stereocenters. The van der Waals surface area contributed by atoms with E-state index in [1.165, 1.54) is 12.1 Å². The topological polar surface area (TPSA) is 81.5 Å². The van der Waals surface area contributed by atoms with E-state index < -0.39 is 10.8 Å². The van der Waals surface area contributed by atoms with Gasteiger partial charge in [0.05, 0.1) is 4.92 Å². The summed E-state index contributed by atoms with van der Waals surface area (Å²) in [7, 11) is 0. The van der Waals surface area contributed by atoms with E-state index in [1.807, 2.05) is 6.07 Å². The Hall–Kier alpha value is -3.33. The number of amides is 1. The van der Waals surface area contributed by atoms with Crippen molar-refractivity contribution in [1.82, 2.24) is 0 Å². The van der Waals surface area contributed by atoms with Crippen LogP contribution in [0.25, 0.3) is 0 Å². The highest BCUT2D eigenvalue weighted by Crippen LogP contribution is 2.28. The lowest BCUT2D eigenvalue weighted by atomic mass is 10.1. The number of carbonyl (C=O) groups excluding carboxylic acids is 1. The molecule has 0 radical (unpaired) electrons. The molecule has 0 unspecified atom stereocenters. The SMILES string of the molecule is C#CCOc1ccc(C(=O)Nc2ccccc2)cc1[N+](=O)[O-]. The van der Waals surface area contributed by atoms with Crippen molar-refractivity contribution in [3.8, 4) is 18.1 Å². The lowest BCUT2D eigenvalue weighted by Gasteiger charge is -2.07. The van der Waals surface area contributed by atoms with Crippen LogP contribution in [0.15, 0.2) is 48.5 Å². The van der Waals surface area contributed by atoms with E-state index in [-0.39, 0.29) is 23.6 Å². The molecule has 2 rings (SSSR count). The van der Waals surface area contributed by atoms with Crippen molar-refractivity contribution >= 4 is 17.3 Å². The fourth-order valence-corrected chi connectivity index (χ4v) is 1.77. The number of carbonyl (C=O) groups is 1. The zero-order valence-corrected chi connectivity index (χ0v) is 11.5. The van der Waals surface area contributed by atoms with Crippen LogP contribution in [0.2, 0.25) is 0 Å². The number of nitro benzene ring substituents is 1. The van der Waals surface area contributed by atoms with Crippen molar-refractivity contribution in [3.05, 3.63) is 64.2 Å². The maximum atomic E-state index is 12.1. The fraction of sp³-hybridized carbons (Fsp3) is 0.0625. The van der Waals surface area contributed by atoms with Crippen molar-refractivity contribution in [3.63, 3.8) is 0 Å². The van der Waals surface area contributed by atoms with Crippen LogP contribution in [-0.4, -0.2) is 17.4 Å². The number of ether oxygens (including phenoxy) is 1. The van der Waals surface area contributed by atoms with Gasteiger partial charge in [-0.15, -0.1) is 6.42 Å². The van der Waals surface area contributed by atoms with Crippen LogP contribution in [0.1, 0.15) is 10.4 Å². The second-order valence-corrected chi connectivity index (χ2v) is 4.25. The summed E-state index contributed by atoms with van der Waals surface area (Å²) in [5, 5.41) is 13.7. The van der Waals surface area contributed by atoms with Gasteiger partial charge in [-0.3, -0.25) is 14.9 Å². The minimum absolute atomic E-state index is 0.0270. The second kappa shape index (κ2) is 6.90. The van der Waals surface area contributed by atoms with E-state index in [0.717, 1.165) is 6.07 Å². The number of nitrogens with one attached hydrogen (secondary N) is 1. The highest BCUT2D eigenvalue weighted by atomic mass is 16.6. The van der Waals surface area contributed by atoms with Crippen LogP contribution in [-0.2, 0) is 0 Å². The molecule has 6 heteroatoms. The van der Waals surface area contributed by atoms with E-state index in [2.05, 4.69) is 11.2 Å². The molecule has 0 spiro atoms. The summed E-state index contributed by atoms with van der Waals surface area (Å²) in [6, 6.07) is 12.8. The summed E-state index contributed by atoms with van der Waals surface area (Å²) < 4.78 is 5.09. The number of hydrogen-bond donors (Lipinski definition) is 1. The summed E-state index contributed by atoms with van der Waals surface area (Å²) in [6.07, 6.45) is 5.06. The van der Waals surface area contributed by atoms with Gasteiger partial charge in [0.25, 0.3) is 5.91 Å². The molecule has 110 valence electrons. The monoisotopic (exact) mass is 296 g/mol. The molecule has 0 aliphatic carbocycles. The average molecular weight is 296 g/mol. The first-order valence-corrected chi connectivity index (χ1v) is 6.33. The maximum absolute atomic E-state index is 12.1. The lowest BCUT2D eigenvalue weighted by molar-refractivity contribution is -0.385. The molecular weight excluding hydrogens is 284 g/mol. The van der Waals surface area contributed by atoms with Gasteiger partial charge in [-0.25, -0.2) is 0 Å². The highest BCUT2D eigenvalue weighted by molar-refractivity contribution is 6.04. The molecule has 2 aromatic carbocycles. The smallest absolute Gasteiger partial charge is 0.311 e. The quantitative estimate of drug-likeness (QED) is 0.522. The highest BCUT2D eigenvalue weighted by Gasteiger charge is 2.18. The molecule has 1 amide bonds. The van der Waals surface area contributed by atoms with E-state index in [9.17, 15) is 14.9 Å². The number of hydrogen-bond acceptors (Lipinski definition) is 4. The average Bonchev–Trinajstić information content (AvgIpc) is 2.53. The third-order valence-corrected chi connectivity index (χ3v) is 2.76. The van der Waals surface area contributed by atoms with Gasteiger partial charge < -0.3 is 10.1 Å². The van der Waals surface area contributed by atoms with Gasteiger partial charge in [0, 0.05) is 17.3 Å². The van der Waals surface area contributed by atoms with E-state index in [0.29, 0.717) is 5.69 Å². The number of rotatable bonds is 5. The zero-order valence-electron chi connectivity index (χ0n) is 11.5. The van der Waals surface area contributed by atoms with E-state index in [1.54, 1.807) is 24.3 Å². The first-order chi connectivity index (χ1) is 10.6. The molecule has 0 saturated heterocycles. The van der Waals surface area contributed by atoms with Crippen molar-refractivity contribution in [1.29, 1.82) is 0 Å². The molecular formula is C16H12N2O4. The van der Waals surface area contributed by atoms with Crippen molar-refractivity contribution < 1.29 is 14.5 Å². The normalized spacial score (nSPS) is 9.59. The summed E-state index contributed by atoms with van der Waals surface area (Å²) >= 11 is 0. The Bertz CT molecular complexity index is 736. The van der Waals surface area contributed by atoms with Gasteiger partial charge in [0.15, 0.2) is 5.75 Å². The lowest BCUT2D eigenvalue weighted by Crippen LogP contribution is -2.12. The van der Waals surface area contributed by atoms with Crippen LogP contribution in [0.4, 0.5) is 11.4 Å². The number of nitro groups is 1.